The SMILES string of the molecule is COc1ccc(S(=O)(=O)N2CCN(C(=O)c3cccc4ccccc34)CC2)cc1OC. The van der Waals surface area contributed by atoms with E-state index in [0.717, 1.165) is 10.8 Å². The molecule has 0 saturated carbocycles. The Labute approximate surface area is 181 Å². The van der Waals surface area contributed by atoms with Gasteiger partial charge in [0.2, 0.25) is 10.0 Å². The Kier molecular flexibility index (Phi) is 5.84. The van der Waals surface area contributed by atoms with E-state index in [-0.39, 0.29) is 23.9 Å². The van der Waals surface area contributed by atoms with E-state index in [9.17, 15) is 13.2 Å². The molecule has 1 aliphatic rings. The zero-order chi connectivity index (χ0) is 22.0. The van der Waals surface area contributed by atoms with Gasteiger partial charge >= 0.3 is 0 Å². The second kappa shape index (κ2) is 8.56. The second-order valence-electron chi connectivity index (χ2n) is 7.24. The molecule has 3 aromatic carbocycles. The van der Waals surface area contributed by atoms with Gasteiger partial charge in [-0.05, 0) is 29.0 Å². The predicted molar refractivity (Wildman–Crippen MR) is 118 cm³/mol. The van der Waals surface area contributed by atoms with Gasteiger partial charge in [-0.2, -0.15) is 4.31 Å². The molecular weight excluding hydrogens is 416 g/mol. The van der Waals surface area contributed by atoms with Crippen molar-refractivity contribution in [1.29, 1.82) is 0 Å². The number of fused-ring (bicyclic) bond motifs is 1. The van der Waals surface area contributed by atoms with Gasteiger partial charge in [0.05, 0.1) is 19.1 Å². The fraction of sp³-hybridized carbons (Fsp3) is 0.261. The molecule has 1 saturated heterocycles. The van der Waals surface area contributed by atoms with Crippen LogP contribution in [0.3, 0.4) is 0 Å². The molecule has 7 nitrogen and oxygen atoms in total. The maximum Gasteiger partial charge on any atom is 0.254 e. The fourth-order valence-electron chi connectivity index (χ4n) is 3.84. The summed E-state index contributed by atoms with van der Waals surface area (Å²) in [6.07, 6.45) is 0. The molecule has 8 heteroatoms. The van der Waals surface area contributed by atoms with Crippen LogP contribution >= 0.6 is 0 Å². The maximum atomic E-state index is 13.1. The van der Waals surface area contributed by atoms with Crippen LogP contribution in [0.25, 0.3) is 10.8 Å². The monoisotopic (exact) mass is 440 g/mol. The number of nitrogens with zero attached hydrogens (tertiary/aromatic N) is 2. The number of benzene rings is 3. The number of sulfonamides is 1. The van der Waals surface area contributed by atoms with Crippen LogP contribution in [0.1, 0.15) is 10.4 Å². The molecule has 3 aromatic rings. The summed E-state index contributed by atoms with van der Waals surface area (Å²) in [7, 11) is -0.746. The largest absolute Gasteiger partial charge is 0.493 e. The quantitative estimate of drug-likeness (QED) is 0.610. The van der Waals surface area contributed by atoms with Gasteiger partial charge in [-0.25, -0.2) is 8.42 Å². The van der Waals surface area contributed by atoms with Crippen molar-refractivity contribution in [2.75, 3.05) is 40.4 Å². The summed E-state index contributed by atoms with van der Waals surface area (Å²) in [4.78, 5) is 15.0. The van der Waals surface area contributed by atoms with Gasteiger partial charge in [0.15, 0.2) is 11.5 Å². The van der Waals surface area contributed by atoms with Crippen LogP contribution in [0.2, 0.25) is 0 Å². The van der Waals surface area contributed by atoms with Crippen molar-refractivity contribution in [2.45, 2.75) is 4.90 Å². The summed E-state index contributed by atoms with van der Waals surface area (Å²) in [6.45, 7) is 1.11. The summed E-state index contributed by atoms with van der Waals surface area (Å²) in [5.41, 5.74) is 0.634. The van der Waals surface area contributed by atoms with E-state index in [1.807, 2.05) is 42.5 Å². The number of carbonyl (C=O) groups excluding carboxylic acids is 1. The van der Waals surface area contributed by atoms with E-state index >= 15 is 0 Å². The summed E-state index contributed by atoms with van der Waals surface area (Å²) < 4.78 is 38.0. The Bertz CT molecular complexity index is 1210. The summed E-state index contributed by atoms with van der Waals surface area (Å²) in [5, 5.41) is 1.90. The minimum atomic E-state index is -3.71. The lowest BCUT2D eigenvalue weighted by Crippen LogP contribution is -2.50. The number of methoxy groups -OCH3 is 2. The number of piperazine rings is 1. The van der Waals surface area contributed by atoms with Crippen molar-refractivity contribution in [1.82, 2.24) is 9.21 Å². The van der Waals surface area contributed by atoms with Crippen molar-refractivity contribution >= 4 is 26.7 Å². The summed E-state index contributed by atoms with van der Waals surface area (Å²) in [6, 6.07) is 17.9. The van der Waals surface area contributed by atoms with Gasteiger partial charge in [0, 0.05) is 37.8 Å². The van der Waals surface area contributed by atoms with Crippen LogP contribution in [0.4, 0.5) is 0 Å². The van der Waals surface area contributed by atoms with Crippen LogP contribution in [0.5, 0.6) is 11.5 Å². The Hall–Kier alpha value is -3.10. The zero-order valence-electron chi connectivity index (χ0n) is 17.4. The molecule has 1 aliphatic heterocycles. The number of hydrogen-bond donors (Lipinski definition) is 0. The third-order valence-corrected chi connectivity index (χ3v) is 7.43. The third kappa shape index (κ3) is 3.96. The molecule has 1 heterocycles. The maximum absolute atomic E-state index is 13.1. The van der Waals surface area contributed by atoms with Gasteiger partial charge in [0.1, 0.15) is 0 Å². The van der Waals surface area contributed by atoms with E-state index < -0.39 is 10.0 Å². The summed E-state index contributed by atoms with van der Waals surface area (Å²) >= 11 is 0. The number of amides is 1. The normalized spacial score (nSPS) is 15.1. The van der Waals surface area contributed by atoms with Gasteiger partial charge in [-0.3, -0.25) is 4.79 Å². The van der Waals surface area contributed by atoms with Crippen LogP contribution in [0.15, 0.2) is 65.6 Å². The average molecular weight is 441 g/mol. The Morgan fingerprint density at radius 1 is 0.839 bits per heavy atom. The lowest BCUT2D eigenvalue weighted by atomic mass is 10.0. The van der Waals surface area contributed by atoms with Crippen molar-refractivity contribution in [2.24, 2.45) is 0 Å². The van der Waals surface area contributed by atoms with Gasteiger partial charge in [0.25, 0.3) is 5.91 Å². The first-order chi connectivity index (χ1) is 15.0. The molecule has 4 rings (SSSR count). The number of ether oxygens (including phenoxy) is 2. The smallest absolute Gasteiger partial charge is 0.254 e. The van der Waals surface area contributed by atoms with Crippen molar-refractivity contribution in [3.05, 3.63) is 66.2 Å². The third-order valence-electron chi connectivity index (χ3n) is 5.54. The zero-order valence-corrected chi connectivity index (χ0v) is 18.3. The molecule has 0 radical (unpaired) electrons. The molecule has 0 unspecified atom stereocenters. The van der Waals surface area contributed by atoms with Crippen molar-refractivity contribution < 1.29 is 22.7 Å². The van der Waals surface area contributed by atoms with Crippen LogP contribution in [-0.2, 0) is 10.0 Å². The van der Waals surface area contributed by atoms with Crippen LogP contribution in [0, 0.1) is 0 Å². The number of carbonyl (C=O) groups is 1. The van der Waals surface area contributed by atoms with Gasteiger partial charge < -0.3 is 14.4 Å². The molecule has 0 spiro atoms. The van der Waals surface area contributed by atoms with E-state index in [1.54, 1.807) is 11.0 Å². The van der Waals surface area contributed by atoms with Crippen molar-refractivity contribution in [3.8, 4) is 11.5 Å². The van der Waals surface area contributed by atoms with E-state index in [2.05, 4.69) is 0 Å². The standard InChI is InChI=1S/C23H24N2O5S/c1-29-21-11-10-18(16-22(21)30-2)31(27,28)25-14-12-24(13-15-25)23(26)20-9-5-7-17-6-3-4-8-19(17)20/h3-11,16H,12-15H2,1-2H3. The Morgan fingerprint density at radius 3 is 2.23 bits per heavy atom. The highest BCUT2D eigenvalue weighted by molar-refractivity contribution is 7.89. The molecule has 1 fully saturated rings. The minimum Gasteiger partial charge on any atom is -0.493 e. The first kappa shape index (κ1) is 21.1. The van der Waals surface area contributed by atoms with Crippen LogP contribution in [-0.4, -0.2) is 63.9 Å². The molecule has 1 amide bonds. The number of rotatable bonds is 5. The molecular formula is C23H24N2O5S. The van der Waals surface area contributed by atoms with Crippen LogP contribution < -0.4 is 9.47 Å². The molecule has 0 bridgehead atoms. The van der Waals surface area contributed by atoms with E-state index in [4.69, 9.17) is 9.47 Å². The van der Waals surface area contributed by atoms with Gasteiger partial charge in [-0.15, -0.1) is 0 Å². The second-order valence-corrected chi connectivity index (χ2v) is 9.18. The Morgan fingerprint density at radius 2 is 1.52 bits per heavy atom. The van der Waals surface area contributed by atoms with E-state index in [0.29, 0.717) is 30.2 Å². The molecule has 0 N–H and O–H groups in total. The predicted octanol–water partition coefficient (Wildman–Crippen LogP) is 3.00. The average Bonchev–Trinajstić information content (AvgIpc) is 2.82. The molecule has 31 heavy (non-hydrogen) atoms. The molecule has 162 valence electrons. The topological polar surface area (TPSA) is 76.2 Å². The highest BCUT2D eigenvalue weighted by Crippen LogP contribution is 2.31. The van der Waals surface area contributed by atoms with Crippen molar-refractivity contribution in [3.63, 3.8) is 0 Å². The summed E-state index contributed by atoms with van der Waals surface area (Å²) in [5.74, 6) is 0.736. The lowest BCUT2D eigenvalue weighted by Gasteiger charge is -2.34. The minimum absolute atomic E-state index is 0.0834. The van der Waals surface area contributed by atoms with E-state index in [1.165, 1.54) is 30.7 Å². The fourth-order valence-corrected chi connectivity index (χ4v) is 5.28. The molecule has 0 atom stereocenters. The highest BCUT2D eigenvalue weighted by atomic mass is 32.2. The number of hydrogen-bond acceptors (Lipinski definition) is 5. The highest BCUT2D eigenvalue weighted by Gasteiger charge is 2.31. The lowest BCUT2D eigenvalue weighted by molar-refractivity contribution is 0.0700. The van der Waals surface area contributed by atoms with Gasteiger partial charge in [-0.1, -0.05) is 36.4 Å². The first-order valence-corrected chi connectivity index (χ1v) is 11.4. The molecule has 0 aromatic heterocycles. The Balaban J connectivity index is 1.51. The molecule has 0 aliphatic carbocycles. The first-order valence-electron chi connectivity index (χ1n) is 9.95.